The minimum Gasteiger partial charge on any atom is -0.286 e. The highest BCUT2D eigenvalue weighted by molar-refractivity contribution is 5.89. The quantitative estimate of drug-likeness (QED) is 0.399. The Morgan fingerprint density at radius 2 is 2.30 bits per heavy atom. The summed E-state index contributed by atoms with van der Waals surface area (Å²) in [5.41, 5.74) is 0. The van der Waals surface area contributed by atoms with E-state index in [1.54, 1.807) is 6.92 Å². The molecule has 0 amide bonds. The van der Waals surface area contributed by atoms with E-state index in [9.17, 15) is 4.79 Å². The molecule has 0 aromatic carbocycles. The fourth-order valence-electron chi connectivity index (χ4n) is 1.09. The van der Waals surface area contributed by atoms with Gasteiger partial charge in [0.25, 0.3) is 0 Å². The molecule has 0 aliphatic heterocycles. The van der Waals surface area contributed by atoms with Crippen LogP contribution in [0.2, 0.25) is 0 Å². The van der Waals surface area contributed by atoms with E-state index in [1.807, 2.05) is 35.6 Å². The Hall–Kier alpha value is -1.12. The topological polar surface area (TPSA) is 25.9 Å². The van der Waals surface area contributed by atoms with E-state index in [1.165, 1.54) is 0 Å². The number of hydrogen-bond donors (Lipinski definition) is 0. The van der Waals surface area contributed by atoms with Gasteiger partial charge in [-0.25, -0.2) is 9.13 Å². The zero-order valence-electron chi connectivity index (χ0n) is 6.46. The Morgan fingerprint density at radius 3 is 2.50 bits per heavy atom. The normalized spacial score (nSPS) is 9.90. The summed E-state index contributed by atoms with van der Waals surface area (Å²) in [6.45, 7) is 1.56. The first-order chi connectivity index (χ1) is 4.63. The summed E-state index contributed by atoms with van der Waals surface area (Å²) in [6, 6.07) is 0. The van der Waals surface area contributed by atoms with Gasteiger partial charge in [-0.15, -0.1) is 0 Å². The molecule has 1 rings (SSSR count). The molecule has 3 heteroatoms. The molecule has 0 aliphatic rings. The van der Waals surface area contributed by atoms with Gasteiger partial charge < -0.3 is 0 Å². The van der Waals surface area contributed by atoms with Crippen molar-refractivity contribution in [3.63, 3.8) is 0 Å². The number of hydrogen-bond acceptors (Lipinski definition) is 1. The van der Waals surface area contributed by atoms with Gasteiger partial charge in [-0.2, -0.15) is 0 Å². The standard InChI is InChI=1S/C7H11N2O/c1-6(10)7-8(2)4-5-9(7)3/h4-5H,1-3H3/q+1. The van der Waals surface area contributed by atoms with Crippen molar-refractivity contribution in [2.45, 2.75) is 6.92 Å². The predicted molar refractivity (Wildman–Crippen MR) is 36.6 cm³/mol. The summed E-state index contributed by atoms with van der Waals surface area (Å²) >= 11 is 0. The van der Waals surface area contributed by atoms with Crippen molar-refractivity contribution in [2.24, 2.45) is 14.1 Å². The van der Waals surface area contributed by atoms with Gasteiger partial charge in [0.15, 0.2) is 0 Å². The SMILES string of the molecule is CC(=O)c1n(C)cc[n+]1C. The van der Waals surface area contributed by atoms with Gasteiger partial charge in [0.2, 0.25) is 5.78 Å². The number of Topliss-reactive ketones (excluding diaryl/α,β-unsaturated/α-hetero) is 1. The Kier molecular flexibility index (Phi) is 1.57. The number of carbonyl (C=O) groups excluding carboxylic acids is 1. The summed E-state index contributed by atoms with van der Waals surface area (Å²) in [5, 5.41) is 0. The Balaban J connectivity index is 3.23. The predicted octanol–water partition coefficient (Wildman–Crippen LogP) is 0.0522. The van der Waals surface area contributed by atoms with E-state index < -0.39 is 0 Å². The molecule has 0 fully saturated rings. The second-order valence-corrected chi connectivity index (χ2v) is 2.40. The van der Waals surface area contributed by atoms with E-state index in [0.29, 0.717) is 0 Å². The van der Waals surface area contributed by atoms with Gasteiger partial charge in [-0.1, -0.05) is 0 Å². The molecule has 1 aromatic heterocycles. The molecule has 0 saturated heterocycles. The average Bonchev–Trinajstić information content (AvgIpc) is 2.11. The molecule has 0 bridgehead atoms. The maximum Gasteiger partial charge on any atom is 0.324 e. The first-order valence-electron chi connectivity index (χ1n) is 3.15. The van der Waals surface area contributed by atoms with Crippen LogP contribution in [0.25, 0.3) is 0 Å². The largest absolute Gasteiger partial charge is 0.324 e. The lowest BCUT2D eigenvalue weighted by Crippen LogP contribution is -2.33. The lowest BCUT2D eigenvalue weighted by molar-refractivity contribution is -0.672. The summed E-state index contributed by atoms with van der Waals surface area (Å²) in [4.78, 5) is 10.9. The third-order valence-corrected chi connectivity index (χ3v) is 1.50. The molecular weight excluding hydrogens is 128 g/mol. The minimum atomic E-state index is 0.0926. The van der Waals surface area contributed by atoms with Crippen LogP contribution in [0.4, 0.5) is 0 Å². The Bertz CT molecular complexity index is 243. The molecule has 1 aromatic rings. The molecule has 0 spiro atoms. The monoisotopic (exact) mass is 139 g/mol. The van der Waals surface area contributed by atoms with Crippen LogP contribution in [-0.4, -0.2) is 10.4 Å². The van der Waals surface area contributed by atoms with Crippen LogP contribution in [0.5, 0.6) is 0 Å². The van der Waals surface area contributed by atoms with Crippen molar-refractivity contribution in [3.05, 3.63) is 18.2 Å². The molecule has 1 heterocycles. The molecule has 0 aliphatic carbocycles. The summed E-state index contributed by atoms with van der Waals surface area (Å²) in [7, 11) is 3.72. The number of imidazole rings is 1. The number of aromatic nitrogens is 2. The fourth-order valence-corrected chi connectivity index (χ4v) is 1.09. The zero-order valence-corrected chi connectivity index (χ0v) is 6.46. The molecule has 0 N–H and O–H groups in total. The zero-order chi connectivity index (χ0) is 7.72. The van der Waals surface area contributed by atoms with E-state index in [4.69, 9.17) is 0 Å². The number of nitrogens with zero attached hydrogens (tertiary/aromatic N) is 2. The van der Waals surface area contributed by atoms with Crippen LogP contribution in [0.3, 0.4) is 0 Å². The van der Waals surface area contributed by atoms with Gasteiger partial charge in [-0.05, 0) is 0 Å². The van der Waals surface area contributed by atoms with Gasteiger partial charge in [0.05, 0.1) is 14.1 Å². The van der Waals surface area contributed by atoms with E-state index >= 15 is 0 Å². The van der Waals surface area contributed by atoms with Crippen LogP contribution in [-0.2, 0) is 14.1 Å². The fraction of sp³-hybridized carbons (Fsp3) is 0.429. The summed E-state index contributed by atoms with van der Waals surface area (Å²) in [6.07, 6.45) is 3.72. The molecule has 0 radical (unpaired) electrons. The number of aryl methyl sites for hydroxylation is 2. The first kappa shape index (κ1) is 6.99. The lowest BCUT2D eigenvalue weighted by atomic mass is 10.4. The van der Waals surface area contributed by atoms with Crippen LogP contribution in [0.1, 0.15) is 17.5 Å². The highest BCUT2D eigenvalue weighted by atomic mass is 16.1. The van der Waals surface area contributed by atoms with Crippen LogP contribution in [0.15, 0.2) is 12.4 Å². The molecule has 3 nitrogen and oxygen atoms in total. The third-order valence-electron chi connectivity index (χ3n) is 1.50. The number of rotatable bonds is 1. The molecule has 0 saturated carbocycles. The van der Waals surface area contributed by atoms with E-state index in [0.717, 1.165) is 5.82 Å². The maximum atomic E-state index is 10.9. The molecule has 54 valence electrons. The second kappa shape index (κ2) is 2.25. The number of carbonyl (C=O) groups is 1. The second-order valence-electron chi connectivity index (χ2n) is 2.40. The van der Waals surface area contributed by atoms with Crippen molar-refractivity contribution >= 4 is 5.78 Å². The van der Waals surface area contributed by atoms with Gasteiger partial charge in [0, 0.05) is 6.92 Å². The van der Waals surface area contributed by atoms with Crippen molar-refractivity contribution in [3.8, 4) is 0 Å². The van der Waals surface area contributed by atoms with Crippen LogP contribution in [0, 0.1) is 0 Å². The van der Waals surface area contributed by atoms with Gasteiger partial charge >= 0.3 is 5.82 Å². The first-order valence-corrected chi connectivity index (χ1v) is 3.15. The summed E-state index contributed by atoms with van der Waals surface area (Å²) in [5.74, 6) is 0.815. The minimum absolute atomic E-state index is 0.0926. The van der Waals surface area contributed by atoms with Gasteiger partial charge in [-0.3, -0.25) is 4.79 Å². The smallest absolute Gasteiger partial charge is 0.286 e. The van der Waals surface area contributed by atoms with Crippen LogP contribution < -0.4 is 4.57 Å². The molecule has 0 unspecified atom stereocenters. The number of ketones is 1. The highest BCUT2D eigenvalue weighted by Gasteiger charge is 2.15. The van der Waals surface area contributed by atoms with E-state index in [-0.39, 0.29) is 5.78 Å². The highest BCUT2D eigenvalue weighted by Crippen LogP contribution is 1.90. The summed E-state index contributed by atoms with van der Waals surface area (Å²) < 4.78 is 3.62. The molecule has 0 atom stereocenters. The maximum absolute atomic E-state index is 10.9. The molecule has 10 heavy (non-hydrogen) atoms. The van der Waals surface area contributed by atoms with Crippen LogP contribution >= 0.6 is 0 Å². The lowest BCUT2D eigenvalue weighted by Gasteiger charge is -1.89. The third kappa shape index (κ3) is 0.943. The molecular formula is C7H11N2O+. The van der Waals surface area contributed by atoms with Crippen molar-refractivity contribution in [1.29, 1.82) is 0 Å². The average molecular weight is 139 g/mol. The van der Waals surface area contributed by atoms with Crippen molar-refractivity contribution in [1.82, 2.24) is 4.57 Å². The van der Waals surface area contributed by atoms with E-state index in [2.05, 4.69) is 0 Å². The van der Waals surface area contributed by atoms with Gasteiger partial charge in [0.1, 0.15) is 12.4 Å². The van der Waals surface area contributed by atoms with Crippen molar-refractivity contribution in [2.75, 3.05) is 0 Å². The Morgan fingerprint density at radius 1 is 1.70 bits per heavy atom. The van der Waals surface area contributed by atoms with Crippen molar-refractivity contribution < 1.29 is 9.36 Å². The Labute approximate surface area is 59.9 Å².